The zero-order valence-corrected chi connectivity index (χ0v) is 10.2. The van der Waals surface area contributed by atoms with E-state index in [4.69, 9.17) is 5.73 Å². The Morgan fingerprint density at radius 1 is 1.16 bits per heavy atom. The molecule has 0 unspecified atom stereocenters. The van der Waals surface area contributed by atoms with Crippen LogP contribution in [0.2, 0.25) is 0 Å². The lowest BCUT2D eigenvalue weighted by atomic mass is 9.98. The van der Waals surface area contributed by atoms with Gasteiger partial charge >= 0.3 is 0 Å². The van der Waals surface area contributed by atoms with Gasteiger partial charge < -0.3 is 16.4 Å². The van der Waals surface area contributed by atoms with Crippen LogP contribution in [0.15, 0.2) is 48.7 Å². The molecule has 4 N–H and O–H groups in total. The normalized spacial score (nSPS) is 19.0. The number of pyridine rings is 1. The fourth-order valence-electron chi connectivity index (χ4n) is 2.17. The molecule has 1 aliphatic rings. The van der Waals surface area contributed by atoms with Gasteiger partial charge in [0.05, 0.1) is 11.7 Å². The molecule has 0 bridgehead atoms. The van der Waals surface area contributed by atoms with E-state index in [9.17, 15) is 4.79 Å². The number of carbonyl (C=O) groups is 1. The molecule has 1 amide bonds. The number of benzene rings is 1. The second-order valence-electron chi connectivity index (χ2n) is 4.45. The molecule has 1 aromatic heterocycles. The second-order valence-corrected chi connectivity index (χ2v) is 4.45. The number of anilines is 2. The van der Waals surface area contributed by atoms with Gasteiger partial charge in [0.15, 0.2) is 0 Å². The van der Waals surface area contributed by atoms with E-state index >= 15 is 0 Å². The fraction of sp³-hybridized carbons (Fsp3) is 0.143. The van der Waals surface area contributed by atoms with Crippen molar-refractivity contribution in [1.29, 1.82) is 0 Å². The predicted octanol–water partition coefficient (Wildman–Crippen LogP) is 1.51. The van der Waals surface area contributed by atoms with Gasteiger partial charge in [-0.15, -0.1) is 0 Å². The van der Waals surface area contributed by atoms with Crippen molar-refractivity contribution in [3.8, 4) is 0 Å². The van der Waals surface area contributed by atoms with E-state index < -0.39 is 12.1 Å². The summed E-state index contributed by atoms with van der Waals surface area (Å²) in [5.74, 6) is 0.510. The molecule has 3 rings (SSSR count). The number of hydrogen-bond acceptors (Lipinski definition) is 4. The Labute approximate surface area is 110 Å². The molecule has 0 aliphatic carbocycles. The summed E-state index contributed by atoms with van der Waals surface area (Å²) < 4.78 is 0. The minimum Gasteiger partial charge on any atom is -0.355 e. The van der Waals surface area contributed by atoms with Crippen molar-refractivity contribution in [2.45, 2.75) is 12.1 Å². The first kappa shape index (κ1) is 11.7. The molecular formula is C14H14N4O. The summed E-state index contributed by atoms with van der Waals surface area (Å²) in [5, 5.41) is 5.91. The molecule has 2 aromatic rings. The van der Waals surface area contributed by atoms with Crippen LogP contribution in [-0.2, 0) is 4.79 Å². The summed E-state index contributed by atoms with van der Waals surface area (Å²) in [6, 6.07) is 12.2. The van der Waals surface area contributed by atoms with Crippen LogP contribution in [0.4, 0.5) is 11.5 Å². The van der Waals surface area contributed by atoms with E-state index in [0.29, 0.717) is 11.5 Å². The van der Waals surface area contributed by atoms with Crippen molar-refractivity contribution in [1.82, 2.24) is 4.98 Å². The molecule has 0 saturated heterocycles. The maximum atomic E-state index is 12.1. The van der Waals surface area contributed by atoms with E-state index in [1.165, 1.54) is 0 Å². The van der Waals surface area contributed by atoms with E-state index in [-0.39, 0.29) is 5.91 Å². The Morgan fingerprint density at radius 2 is 1.95 bits per heavy atom. The summed E-state index contributed by atoms with van der Waals surface area (Å²) in [6.45, 7) is 0. The first-order valence-electron chi connectivity index (χ1n) is 6.08. The molecule has 1 aliphatic heterocycles. The maximum Gasteiger partial charge on any atom is 0.248 e. The molecule has 0 fully saturated rings. The van der Waals surface area contributed by atoms with Gasteiger partial charge in [0.2, 0.25) is 5.91 Å². The lowest BCUT2D eigenvalue weighted by Crippen LogP contribution is -2.46. The summed E-state index contributed by atoms with van der Waals surface area (Å²) >= 11 is 0. The number of fused-ring (bicyclic) bond motifs is 1. The van der Waals surface area contributed by atoms with Gasteiger partial charge in [0.1, 0.15) is 11.9 Å². The lowest BCUT2D eigenvalue weighted by molar-refractivity contribution is -0.117. The Morgan fingerprint density at radius 3 is 2.74 bits per heavy atom. The largest absolute Gasteiger partial charge is 0.355 e. The summed E-state index contributed by atoms with van der Waals surface area (Å²) in [7, 11) is 0. The van der Waals surface area contributed by atoms with Crippen LogP contribution in [0, 0.1) is 0 Å². The van der Waals surface area contributed by atoms with Gasteiger partial charge in [-0.3, -0.25) is 4.79 Å². The highest BCUT2D eigenvalue weighted by Crippen LogP contribution is 2.27. The van der Waals surface area contributed by atoms with Crippen LogP contribution in [0.5, 0.6) is 0 Å². The van der Waals surface area contributed by atoms with Gasteiger partial charge in [0, 0.05) is 6.20 Å². The number of aromatic nitrogens is 1. The van der Waals surface area contributed by atoms with Gasteiger partial charge in [-0.25, -0.2) is 4.98 Å². The molecule has 0 saturated carbocycles. The number of nitrogens with one attached hydrogen (secondary N) is 2. The Kier molecular flexibility index (Phi) is 2.89. The molecule has 2 atom stereocenters. The van der Waals surface area contributed by atoms with Crippen molar-refractivity contribution < 1.29 is 4.79 Å². The Balaban J connectivity index is 1.89. The standard InChI is InChI=1S/C14H14N4O/c15-11(9-5-2-1-3-6-9)12-14(19)17-10-7-4-8-16-13(10)18-12/h1-8,11-12H,15H2,(H,16,18)(H,17,19)/t11-,12-/m1/s1. The van der Waals surface area contributed by atoms with Crippen LogP contribution in [0.3, 0.4) is 0 Å². The van der Waals surface area contributed by atoms with E-state index in [1.54, 1.807) is 18.3 Å². The smallest absolute Gasteiger partial charge is 0.248 e. The topological polar surface area (TPSA) is 80.0 Å². The number of nitrogens with zero attached hydrogens (tertiary/aromatic N) is 1. The third-order valence-electron chi connectivity index (χ3n) is 3.18. The van der Waals surface area contributed by atoms with Crippen LogP contribution in [0.1, 0.15) is 11.6 Å². The zero-order chi connectivity index (χ0) is 13.2. The minimum atomic E-state index is -0.523. The average molecular weight is 254 g/mol. The second kappa shape index (κ2) is 4.70. The quantitative estimate of drug-likeness (QED) is 0.759. The first-order chi connectivity index (χ1) is 9.25. The van der Waals surface area contributed by atoms with Crippen LogP contribution >= 0.6 is 0 Å². The SMILES string of the molecule is N[C@H](c1ccccc1)[C@H]1Nc2ncccc2NC1=O. The monoisotopic (exact) mass is 254 g/mol. The average Bonchev–Trinajstić information content (AvgIpc) is 2.47. The van der Waals surface area contributed by atoms with Crippen LogP contribution in [-0.4, -0.2) is 16.9 Å². The van der Waals surface area contributed by atoms with E-state index in [2.05, 4.69) is 15.6 Å². The van der Waals surface area contributed by atoms with Gasteiger partial charge in [0.25, 0.3) is 0 Å². The minimum absolute atomic E-state index is 0.142. The summed E-state index contributed by atoms with van der Waals surface area (Å²) in [5.41, 5.74) is 7.76. The highest BCUT2D eigenvalue weighted by molar-refractivity contribution is 6.02. The fourth-order valence-corrected chi connectivity index (χ4v) is 2.17. The van der Waals surface area contributed by atoms with E-state index in [0.717, 1.165) is 5.56 Å². The molecule has 5 nitrogen and oxygen atoms in total. The molecule has 5 heteroatoms. The number of amides is 1. The third kappa shape index (κ3) is 2.15. The van der Waals surface area contributed by atoms with Gasteiger partial charge in [-0.2, -0.15) is 0 Å². The van der Waals surface area contributed by atoms with Crippen molar-refractivity contribution in [2.24, 2.45) is 5.73 Å². The third-order valence-corrected chi connectivity index (χ3v) is 3.18. The van der Waals surface area contributed by atoms with Crippen molar-refractivity contribution in [2.75, 3.05) is 10.6 Å². The lowest BCUT2D eigenvalue weighted by Gasteiger charge is -2.29. The predicted molar refractivity (Wildman–Crippen MR) is 73.6 cm³/mol. The zero-order valence-electron chi connectivity index (χ0n) is 10.2. The van der Waals surface area contributed by atoms with Crippen molar-refractivity contribution in [3.05, 3.63) is 54.2 Å². The molecule has 0 radical (unpaired) electrons. The summed E-state index contributed by atoms with van der Waals surface area (Å²) in [6.07, 6.45) is 1.68. The van der Waals surface area contributed by atoms with Gasteiger partial charge in [-0.05, 0) is 17.7 Å². The highest BCUT2D eigenvalue weighted by Gasteiger charge is 2.31. The highest BCUT2D eigenvalue weighted by atomic mass is 16.2. The van der Waals surface area contributed by atoms with Crippen molar-refractivity contribution >= 4 is 17.4 Å². The number of hydrogen-bond donors (Lipinski definition) is 3. The number of rotatable bonds is 2. The number of nitrogens with two attached hydrogens (primary N) is 1. The van der Waals surface area contributed by atoms with Crippen molar-refractivity contribution in [3.63, 3.8) is 0 Å². The van der Waals surface area contributed by atoms with E-state index in [1.807, 2.05) is 30.3 Å². The summed E-state index contributed by atoms with van der Waals surface area (Å²) in [4.78, 5) is 16.3. The van der Waals surface area contributed by atoms with Crippen LogP contribution < -0.4 is 16.4 Å². The Hall–Kier alpha value is -2.40. The maximum absolute atomic E-state index is 12.1. The molecule has 1 aromatic carbocycles. The first-order valence-corrected chi connectivity index (χ1v) is 6.08. The molecule has 0 spiro atoms. The Bertz CT molecular complexity index is 599. The van der Waals surface area contributed by atoms with Crippen LogP contribution in [0.25, 0.3) is 0 Å². The molecule has 2 heterocycles. The van der Waals surface area contributed by atoms with Gasteiger partial charge in [-0.1, -0.05) is 30.3 Å². The molecular weight excluding hydrogens is 240 g/mol. The molecule has 19 heavy (non-hydrogen) atoms. The number of carbonyl (C=O) groups excluding carboxylic acids is 1. The molecule has 96 valence electrons.